The van der Waals surface area contributed by atoms with Gasteiger partial charge in [0.25, 0.3) is 5.91 Å². The first-order chi connectivity index (χ1) is 13.0. The summed E-state index contributed by atoms with van der Waals surface area (Å²) in [4.78, 5) is 14.7. The Labute approximate surface area is 158 Å². The molecule has 0 aliphatic heterocycles. The van der Waals surface area contributed by atoms with Crippen LogP contribution in [0.15, 0.2) is 66.9 Å². The molecule has 0 spiro atoms. The number of nitrogens with one attached hydrogen (secondary N) is 1. The van der Waals surface area contributed by atoms with Gasteiger partial charge in [-0.2, -0.15) is 5.10 Å². The molecule has 0 fully saturated rings. The molecule has 136 valence electrons. The highest BCUT2D eigenvalue weighted by atomic mass is 16.2. The normalized spacial score (nSPS) is 12.3. The second-order valence-electron chi connectivity index (χ2n) is 6.87. The van der Waals surface area contributed by atoms with Crippen molar-refractivity contribution in [2.24, 2.45) is 7.05 Å². The van der Waals surface area contributed by atoms with Crippen LogP contribution < -0.4 is 0 Å². The molecule has 1 atom stereocenters. The number of aromatic amines is 1. The van der Waals surface area contributed by atoms with E-state index >= 15 is 0 Å². The fourth-order valence-electron chi connectivity index (χ4n) is 3.29. The number of rotatable bonds is 4. The van der Waals surface area contributed by atoms with Crippen molar-refractivity contribution in [3.63, 3.8) is 0 Å². The van der Waals surface area contributed by atoms with E-state index in [0.29, 0.717) is 5.56 Å². The zero-order valence-corrected chi connectivity index (χ0v) is 15.7. The van der Waals surface area contributed by atoms with E-state index < -0.39 is 0 Å². The van der Waals surface area contributed by atoms with Gasteiger partial charge in [-0.3, -0.25) is 9.89 Å². The minimum absolute atomic E-state index is 0.0125. The Balaban J connectivity index is 1.57. The number of amides is 1. The number of carbonyl (C=O) groups excluding carboxylic acids is 1. The molecule has 0 bridgehead atoms. The van der Waals surface area contributed by atoms with Crippen LogP contribution in [-0.4, -0.2) is 32.6 Å². The topological polar surface area (TPSA) is 53.9 Å². The van der Waals surface area contributed by atoms with Gasteiger partial charge in [-0.1, -0.05) is 36.4 Å². The zero-order chi connectivity index (χ0) is 19.0. The van der Waals surface area contributed by atoms with Gasteiger partial charge in [0.15, 0.2) is 0 Å². The standard InChI is InChI=1S/C22H22N4O/c1-15(19-14-20(24-23-19)16-7-5-4-6-8-16)26(3)22(27)18-10-9-17-11-12-25(2)21(17)13-18/h4-15H,1-3H3,(H,23,24)/t15-/m0/s1. The Hall–Kier alpha value is -3.34. The van der Waals surface area contributed by atoms with E-state index in [1.165, 1.54) is 0 Å². The first kappa shape index (κ1) is 17.1. The second kappa shape index (κ2) is 6.76. The lowest BCUT2D eigenvalue weighted by Crippen LogP contribution is -2.29. The number of fused-ring (bicyclic) bond motifs is 1. The maximum Gasteiger partial charge on any atom is 0.254 e. The van der Waals surface area contributed by atoms with Crippen molar-refractivity contribution in [1.29, 1.82) is 0 Å². The Morgan fingerprint density at radius 3 is 2.67 bits per heavy atom. The molecule has 0 aliphatic carbocycles. The summed E-state index contributed by atoms with van der Waals surface area (Å²) in [6.45, 7) is 2.00. The minimum atomic E-state index is -0.119. The van der Waals surface area contributed by atoms with Gasteiger partial charge in [-0.15, -0.1) is 0 Å². The number of nitrogens with zero attached hydrogens (tertiary/aromatic N) is 3. The molecule has 2 heterocycles. The number of aryl methyl sites for hydroxylation is 1. The number of hydrogen-bond donors (Lipinski definition) is 1. The number of benzene rings is 2. The molecule has 27 heavy (non-hydrogen) atoms. The van der Waals surface area contributed by atoms with Crippen LogP contribution in [0.3, 0.4) is 0 Å². The van der Waals surface area contributed by atoms with Crippen molar-refractivity contribution in [3.8, 4) is 11.3 Å². The van der Waals surface area contributed by atoms with Gasteiger partial charge in [0.05, 0.1) is 17.4 Å². The van der Waals surface area contributed by atoms with Crippen molar-refractivity contribution >= 4 is 16.8 Å². The van der Waals surface area contributed by atoms with Crippen LogP contribution in [0.1, 0.15) is 29.0 Å². The number of hydrogen-bond acceptors (Lipinski definition) is 2. The third kappa shape index (κ3) is 3.12. The molecule has 5 nitrogen and oxygen atoms in total. The van der Waals surface area contributed by atoms with E-state index in [9.17, 15) is 4.79 Å². The zero-order valence-electron chi connectivity index (χ0n) is 15.7. The summed E-state index contributed by atoms with van der Waals surface area (Å²) in [5, 5.41) is 8.61. The summed E-state index contributed by atoms with van der Waals surface area (Å²) in [5.74, 6) is -0.0125. The minimum Gasteiger partial charge on any atom is -0.351 e. The highest BCUT2D eigenvalue weighted by Crippen LogP contribution is 2.25. The van der Waals surface area contributed by atoms with Crippen molar-refractivity contribution in [3.05, 3.63) is 78.1 Å². The van der Waals surface area contributed by atoms with Crippen LogP contribution in [0.4, 0.5) is 0 Å². The van der Waals surface area contributed by atoms with Gasteiger partial charge >= 0.3 is 0 Å². The van der Waals surface area contributed by atoms with Crippen LogP contribution in [0.5, 0.6) is 0 Å². The molecule has 2 aromatic heterocycles. The summed E-state index contributed by atoms with van der Waals surface area (Å²) in [7, 11) is 3.81. The Morgan fingerprint density at radius 2 is 1.89 bits per heavy atom. The van der Waals surface area contributed by atoms with Crippen LogP contribution in [-0.2, 0) is 7.05 Å². The molecular weight excluding hydrogens is 336 g/mol. The molecule has 0 saturated heterocycles. The number of H-pyrrole nitrogens is 1. The van der Waals surface area contributed by atoms with Crippen LogP contribution in [0, 0.1) is 0 Å². The lowest BCUT2D eigenvalue weighted by atomic mass is 10.1. The second-order valence-corrected chi connectivity index (χ2v) is 6.87. The maximum atomic E-state index is 13.0. The fraction of sp³-hybridized carbons (Fsp3) is 0.182. The lowest BCUT2D eigenvalue weighted by molar-refractivity contribution is 0.0740. The Morgan fingerprint density at radius 1 is 1.11 bits per heavy atom. The molecule has 1 amide bonds. The first-order valence-corrected chi connectivity index (χ1v) is 8.97. The smallest absolute Gasteiger partial charge is 0.254 e. The molecule has 1 N–H and O–H groups in total. The molecule has 0 unspecified atom stereocenters. The summed E-state index contributed by atoms with van der Waals surface area (Å²) < 4.78 is 2.02. The van der Waals surface area contributed by atoms with E-state index in [2.05, 4.69) is 10.2 Å². The third-order valence-corrected chi connectivity index (χ3v) is 5.15. The third-order valence-electron chi connectivity index (χ3n) is 5.15. The average Bonchev–Trinajstić information content (AvgIpc) is 3.34. The average molecular weight is 358 g/mol. The summed E-state index contributed by atoms with van der Waals surface area (Å²) in [6.07, 6.45) is 2.00. The monoisotopic (exact) mass is 358 g/mol. The molecule has 4 rings (SSSR count). The van der Waals surface area contributed by atoms with Gasteiger partial charge in [0, 0.05) is 36.9 Å². The highest BCUT2D eigenvalue weighted by molar-refractivity contribution is 5.98. The molecule has 0 aliphatic rings. The van der Waals surface area contributed by atoms with Crippen molar-refractivity contribution in [2.75, 3.05) is 7.05 Å². The van der Waals surface area contributed by atoms with E-state index in [-0.39, 0.29) is 11.9 Å². The SMILES string of the molecule is C[C@@H](c1cc(-c2ccccc2)n[nH]1)N(C)C(=O)c1ccc2ccn(C)c2c1. The van der Waals surface area contributed by atoms with E-state index in [4.69, 9.17) is 0 Å². The van der Waals surface area contributed by atoms with Gasteiger partial charge in [-0.05, 0) is 36.6 Å². The van der Waals surface area contributed by atoms with Gasteiger partial charge in [0.2, 0.25) is 0 Å². The van der Waals surface area contributed by atoms with Crippen molar-refractivity contribution in [2.45, 2.75) is 13.0 Å². The lowest BCUT2D eigenvalue weighted by Gasteiger charge is -2.24. The quantitative estimate of drug-likeness (QED) is 0.588. The van der Waals surface area contributed by atoms with E-state index in [0.717, 1.165) is 27.9 Å². The van der Waals surface area contributed by atoms with Crippen molar-refractivity contribution in [1.82, 2.24) is 19.7 Å². The van der Waals surface area contributed by atoms with E-state index in [1.807, 2.05) is 92.4 Å². The predicted octanol–water partition coefficient (Wildman–Crippen LogP) is 4.40. The molecular formula is C22H22N4O. The van der Waals surface area contributed by atoms with Crippen molar-refractivity contribution < 1.29 is 4.79 Å². The van der Waals surface area contributed by atoms with Crippen LogP contribution in [0.25, 0.3) is 22.2 Å². The number of aromatic nitrogens is 3. The Kier molecular flexibility index (Phi) is 4.28. The van der Waals surface area contributed by atoms with Crippen LogP contribution in [0.2, 0.25) is 0 Å². The van der Waals surface area contributed by atoms with E-state index in [1.54, 1.807) is 4.90 Å². The summed E-state index contributed by atoms with van der Waals surface area (Å²) >= 11 is 0. The molecule has 5 heteroatoms. The fourth-order valence-corrected chi connectivity index (χ4v) is 3.29. The molecule has 2 aromatic carbocycles. The number of carbonyl (C=O) groups is 1. The maximum absolute atomic E-state index is 13.0. The Bertz CT molecular complexity index is 1090. The summed E-state index contributed by atoms with van der Waals surface area (Å²) in [5.41, 5.74) is 4.57. The van der Waals surface area contributed by atoms with Gasteiger partial charge in [-0.25, -0.2) is 0 Å². The largest absolute Gasteiger partial charge is 0.351 e. The summed E-state index contributed by atoms with van der Waals surface area (Å²) in [6, 6.07) is 19.8. The molecule has 0 radical (unpaired) electrons. The molecule has 4 aromatic rings. The molecule has 0 saturated carbocycles. The first-order valence-electron chi connectivity index (χ1n) is 8.97. The highest BCUT2D eigenvalue weighted by Gasteiger charge is 2.21. The van der Waals surface area contributed by atoms with Gasteiger partial charge < -0.3 is 9.47 Å². The van der Waals surface area contributed by atoms with Crippen LogP contribution >= 0.6 is 0 Å². The predicted molar refractivity (Wildman–Crippen MR) is 107 cm³/mol. The van der Waals surface area contributed by atoms with Gasteiger partial charge in [0.1, 0.15) is 0 Å².